The lowest BCUT2D eigenvalue weighted by atomic mass is 10.2. The van der Waals surface area contributed by atoms with Crippen molar-refractivity contribution >= 4 is 40.0 Å². The number of carbonyl (C=O) groups excluding carboxylic acids is 1. The van der Waals surface area contributed by atoms with E-state index < -0.39 is 5.91 Å². The Morgan fingerprint density at radius 2 is 1.86 bits per heavy atom. The number of fused-ring (bicyclic) bond motifs is 1. The zero-order chi connectivity index (χ0) is 19.7. The standard InChI is InChI=1S/C18H12Cl2N6O2/c19-11-4-10(5-12(20)6-11)7-22-18(28)15-16(27)14-13(2-1-3-21-14)17(25-15)26-8-23-24-9-26/h1-6,8-9,27H,7H2,(H,22,28). The largest absolute Gasteiger partial charge is 0.504 e. The second-order valence-corrected chi connectivity index (χ2v) is 6.73. The number of carbonyl (C=O) groups is 1. The molecule has 0 fully saturated rings. The van der Waals surface area contributed by atoms with Gasteiger partial charge in [0.1, 0.15) is 24.0 Å². The van der Waals surface area contributed by atoms with Crippen LogP contribution in [0.3, 0.4) is 0 Å². The summed E-state index contributed by atoms with van der Waals surface area (Å²) in [7, 11) is 0. The monoisotopic (exact) mass is 414 g/mol. The van der Waals surface area contributed by atoms with Crippen LogP contribution in [0, 0.1) is 0 Å². The molecule has 0 aliphatic rings. The highest BCUT2D eigenvalue weighted by Crippen LogP contribution is 2.29. The third-order valence-electron chi connectivity index (χ3n) is 3.97. The molecule has 0 unspecified atom stereocenters. The molecule has 4 aromatic rings. The van der Waals surface area contributed by atoms with Crippen molar-refractivity contribution in [3.05, 3.63) is 70.5 Å². The number of amides is 1. The van der Waals surface area contributed by atoms with Gasteiger partial charge in [0.25, 0.3) is 5.91 Å². The fraction of sp³-hybridized carbons (Fsp3) is 0.0556. The lowest BCUT2D eigenvalue weighted by molar-refractivity contribution is 0.0943. The van der Waals surface area contributed by atoms with Gasteiger partial charge in [-0.25, -0.2) is 4.98 Å². The molecule has 140 valence electrons. The number of aromatic nitrogens is 5. The predicted molar refractivity (Wildman–Crippen MR) is 104 cm³/mol. The Labute approximate surface area is 168 Å². The molecule has 0 radical (unpaired) electrons. The summed E-state index contributed by atoms with van der Waals surface area (Å²) in [6.45, 7) is 0.155. The third-order valence-corrected chi connectivity index (χ3v) is 4.41. The number of pyridine rings is 2. The molecule has 0 saturated heterocycles. The molecule has 1 amide bonds. The zero-order valence-electron chi connectivity index (χ0n) is 14.2. The highest BCUT2D eigenvalue weighted by molar-refractivity contribution is 6.34. The Kier molecular flexibility index (Phi) is 4.81. The van der Waals surface area contributed by atoms with E-state index in [1.165, 1.54) is 23.4 Å². The molecule has 0 bridgehead atoms. The summed E-state index contributed by atoms with van der Waals surface area (Å²) in [5, 5.41) is 22.3. The first-order valence-electron chi connectivity index (χ1n) is 8.09. The summed E-state index contributed by atoms with van der Waals surface area (Å²) < 4.78 is 1.54. The Balaban J connectivity index is 1.71. The van der Waals surface area contributed by atoms with Crippen molar-refractivity contribution < 1.29 is 9.90 Å². The number of hydrogen-bond donors (Lipinski definition) is 2. The van der Waals surface area contributed by atoms with Crippen LogP contribution < -0.4 is 5.32 Å². The van der Waals surface area contributed by atoms with Crippen molar-refractivity contribution in [1.29, 1.82) is 0 Å². The molecule has 8 nitrogen and oxygen atoms in total. The molecule has 0 aliphatic heterocycles. The van der Waals surface area contributed by atoms with E-state index in [1.807, 2.05) is 0 Å². The van der Waals surface area contributed by atoms with Crippen molar-refractivity contribution in [3.8, 4) is 11.6 Å². The minimum Gasteiger partial charge on any atom is -0.504 e. The Hall–Kier alpha value is -3.23. The van der Waals surface area contributed by atoms with Gasteiger partial charge < -0.3 is 10.4 Å². The number of rotatable bonds is 4. The summed E-state index contributed by atoms with van der Waals surface area (Å²) in [5.74, 6) is -0.508. The molecule has 1 aromatic carbocycles. The maximum Gasteiger partial charge on any atom is 0.274 e. The van der Waals surface area contributed by atoms with Crippen LogP contribution in [-0.4, -0.2) is 35.7 Å². The van der Waals surface area contributed by atoms with Crippen LogP contribution in [0.4, 0.5) is 0 Å². The fourth-order valence-corrected chi connectivity index (χ4v) is 3.32. The second kappa shape index (κ2) is 7.41. The lowest BCUT2D eigenvalue weighted by Crippen LogP contribution is -2.24. The maximum absolute atomic E-state index is 12.7. The molecule has 0 atom stereocenters. The minimum atomic E-state index is -0.574. The van der Waals surface area contributed by atoms with Gasteiger partial charge in [0.05, 0.1) is 0 Å². The molecule has 3 heterocycles. The molecule has 0 aliphatic carbocycles. The van der Waals surface area contributed by atoms with Crippen molar-refractivity contribution in [2.45, 2.75) is 6.54 Å². The van der Waals surface area contributed by atoms with Crippen LogP contribution in [0.2, 0.25) is 10.0 Å². The first kappa shape index (κ1) is 18.1. The molecule has 3 aromatic heterocycles. The summed E-state index contributed by atoms with van der Waals surface area (Å²) in [6, 6.07) is 8.42. The van der Waals surface area contributed by atoms with Crippen LogP contribution in [0.25, 0.3) is 16.7 Å². The van der Waals surface area contributed by atoms with Gasteiger partial charge in [-0.3, -0.25) is 14.3 Å². The van der Waals surface area contributed by atoms with E-state index in [-0.39, 0.29) is 23.5 Å². The molecule has 28 heavy (non-hydrogen) atoms. The van der Waals surface area contributed by atoms with Crippen LogP contribution in [0.15, 0.2) is 49.2 Å². The number of benzene rings is 1. The molecule has 0 spiro atoms. The quantitative estimate of drug-likeness (QED) is 0.531. The highest BCUT2D eigenvalue weighted by atomic mass is 35.5. The Morgan fingerprint density at radius 3 is 2.57 bits per heavy atom. The summed E-state index contributed by atoms with van der Waals surface area (Å²) in [6.07, 6.45) is 4.41. The van der Waals surface area contributed by atoms with Crippen molar-refractivity contribution in [3.63, 3.8) is 0 Å². The van der Waals surface area contributed by atoms with E-state index in [9.17, 15) is 9.90 Å². The number of hydrogen-bond acceptors (Lipinski definition) is 6. The Bertz CT molecular complexity index is 1160. The van der Waals surface area contributed by atoms with E-state index >= 15 is 0 Å². The molecule has 4 rings (SSSR count). The summed E-state index contributed by atoms with van der Waals surface area (Å²) in [4.78, 5) is 21.2. The zero-order valence-corrected chi connectivity index (χ0v) is 15.7. The normalized spacial score (nSPS) is 10.9. The average molecular weight is 415 g/mol. The fourth-order valence-electron chi connectivity index (χ4n) is 2.75. The minimum absolute atomic E-state index is 0.155. The third kappa shape index (κ3) is 3.47. The van der Waals surface area contributed by atoms with Crippen molar-refractivity contribution in [2.24, 2.45) is 0 Å². The van der Waals surface area contributed by atoms with Gasteiger partial charge >= 0.3 is 0 Å². The van der Waals surface area contributed by atoms with Gasteiger partial charge in [-0.15, -0.1) is 10.2 Å². The van der Waals surface area contributed by atoms with Gasteiger partial charge in [0.2, 0.25) is 0 Å². The van der Waals surface area contributed by atoms with E-state index in [2.05, 4.69) is 25.5 Å². The molecular formula is C18H12Cl2N6O2. The van der Waals surface area contributed by atoms with Gasteiger partial charge in [-0.1, -0.05) is 23.2 Å². The number of nitrogens with one attached hydrogen (secondary N) is 1. The first-order valence-corrected chi connectivity index (χ1v) is 8.84. The number of nitrogens with zero attached hydrogens (tertiary/aromatic N) is 5. The predicted octanol–water partition coefficient (Wildman–Crippen LogP) is 3.15. The van der Waals surface area contributed by atoms with Crippen LogP contribution in [0.5, 0.6) is 5.75 Å². The second-order valence-electron chi connectivity index (χ2n) is 5.86. The van der Waals surface area contributed by atoms with E-state index in [0.717, 1.165) is 0 Å². The summed E-state index contributed by atoms with van der Waals surface area (Å²) in [5.41, 5.74) is 0.795. The smallest absolute Gasteiger partial charge is 0.274 e. The van der Waals surface area contributed by atoms with Gasteiger partial charge in [0, 0.05) is 28.2 Å². The molecular weight excluding hydrogens is 403 g/mol. The van der Waals surface area contributed by atoms with E-state index in [0.29, 0.717) is 26.8 Å². The SMILES string of the molecule is O=C(NCc1cc(Cl)cc(Cl)c1)c1nc(-n2cnnc2)c2cccnc2c1O. The Morgan fingerprint density at radius 1 is 1.14 bits per heavy atom. The van der Waals surface area contributed by atoms with Gasteiger partial charge in [-0.05, 0) is 35.9 Å². The highest BCUT2D eigenvalue weighted by Gasteiger charge is 2.20. The van der Waals surface area contributed by atoms with Crippen LogP contribution in [-0.2, 0) is 6.54 Å². The maximum atomic E-state index is 12.7. The number of aromatic hydroxyl groups is 1. The van der Waals surface area contributed by atoms with Gasteiger partial charge in [-0.2, -0.15) is 0 Å². The van der Waals surface area contributed by atoms with Crippen LogP contribution >= 0.6 is 23.2 Å². The molecule has 2 N–H and O–H groups in total. The topological polar surface area (TPSA) is 106 Å². The summed E-state index contributed by atoms with van der Waals surface area (Å²) >= 11 is 12.0. The number of halogens is 2. The average Bonchev–Trinajstić information content (AvgIpc) is 3.20. The van der Waals surface area contributed by atoms with E-state index in [4.69, 9.17) is 23.2 Å². The van der Waals surface area contributed by atoms with Crippen molar-refractivity contribution in [2.75, 3.05) is 0 Å². The molecule has 10 heteroatoms. The van der Waals surface area contributed by atoms with Gasteiger partial charge in [0.15, 0.2) is 11.4 Å². The van der Waals surface area contributed by atoms with E-state index in [1.54, 1.807) is 30.3 Å². The molecule has 0 saturated carbocycles. The van der Waals surface area contributed by atoms with Crippen LogP contribution in [0.1, 0.15) is 16.1 Å². The lowest BCUT2D eigenvalue weighted by Gasteiger charge is -2.12. The first-order chi connectivity index (χ1) is 13.5. The van der Waals surface area contributed by atoms with Crippen molar-refractivity contribution in [1.82, 2.24) is 30.0 Å².